The van der Waals surface area contributed by atoms with Crippen molar-refractivity contribution in [3.05, 3.63) is 24.2 Å². The number of amides is 2. The Hall–Kier alpha value is -1.45. The molecule has 1 saturated heterocycles. The van der Waals surface area contributed by atoms with Crippen LogP contribution in [0.4, 0.5) is 4.79 Å². The van der Waals surface area contributed by atoms with E-state index >= 15 is 0 Å². The summed E-state index contributed by atoms with van der Waals surface area (Å²) in [5.41, 5.74) is -0.211. The molecule has 19 heavy (non-hydrogen) atoms. The minimum atomic E-state index is -0.211. The van der Waals surface area contributed by atoms with E-state index in [1.165, 1.54) is 6.42 Å². The zero-order valence-electron chi connectivity index (χ0n) is 12.1. The van der Waals surface area contributed by atoms with E-state index in [0.29, 0.717) is 0 Å². The quantitative estimate of drug-likeness (QED) is 0.840. The van der Waals surface area contributed by atoms with Crippen molar-refractivity contribution in [1.29, 1.82) is 0 Å². The van der Waals surface area contributed by atoms with E-state index < -0.39 is 0 Å². The van der Waals surface area contributed by atoms with E-state index in [4.69, 9.17) is 4.42 Å². The number of furan rings is 1. The van der Waals surface area contributed by atoms with E-state index in [1.807, 2.05) is 37.8 Å². The molecule has 1 aromatic rings. The van der Waals surface area contributed by atoms with Crippen LogP contribution in [0.5, 0.6) is 0 Å². The molecule has 0 bridgehead atoms. The summed E-state index contributed by atoms with van der Waals surface area (Å²) in [6, 6.07) is 3.93. The second-order valence-electron chi connectivity index (χ2n) is 6.25. The Balaban J connectivity index is 2.15. The summed E-state index contributed by atoms with van der Waals surface area (Å²) in [6.45, 7) is 6.81. The summed E-state index contributed by atoms with van der Waals surface area (Å²) in [7, 11) is 0. The topological polar surface area (TPSA) is 45.5 Å². The minimum absolute atomic E-state index is 0.0100. The Morgan fingerprint density at radius 3 is 2.79 bits per heavy atom. The second-order valence-corrected chi connectivity index (χ2v) is 6.25. The van der Waals surface area contributed by atoms with Gasteiger partial charge in [0.1, 0.15) is 5.76 Å². The van der Waals surface area contributed by atoms with Gasteiger partial charge in [0.2, 0.25) is 0 Å². The molecule has 4 nitrogen and oxygen atoms in total. The molecule has 0 saturated carbocycles. The van der Waals surface area contributed by atoms with Crippen LogP contribution >= 0.6 is 0 Å². The van der Waals surface area contributed by atoms with Gasteiger partial charge < -0.3 is 14.6 Å². The number of hydrogen-bond donors (Lipinski definition) is 1. The Morgan fingerprint density at radius 1 is 1.37 bits per heavy atom. The molecule has 2 heterocycles. The highest BCUT2D eigenvalue weighted by Crippen LogP contribution is 2.30. The lowest BCUT2D eigenvalue weighted by Gasteiger charge is -2.32. The average Bonchev–Trinajstić information content (AvgIpc) is 2.71. The monoisotopic (exact) mass is 264 g/mol. The number of nitrogens with one attached hydrogen (secondary N) is 1. The maximum absolute atomic E-state index is 12.4. The molecule has 2 amide bonds. The molecule has 106 valence electrons. The van der Waals surface area contributed by atoms with Crippen molar-refractivity contribution in [2.75, 3.05) is 6.54 Å². The molecule has 1 N–H and O–H groups in total. The van der Waals surface area contributed by atoms with Gasteiger partial charge in [-0.3, -0.25) is 0 Å². The fourth-order valence-electron chi connectivity index (χ4n) is 2.52. The Bertz CT molecular complexity index is 406. The van der Waals surface area contributed by atoms with Crippen LogP contribution in [0.25, 0.3) is 0 Å². The van der Waals surface area contributed by atoms with Crippen LogP contribution in [0, 0.1) is 0 Å². The predicted octanol–water partition coefficient (Wildman–Crippen LogP) is 3.70. The number of hydrogen-bond acceptors (Lipinski definition) is 2. The van der Waals surface area contributed by atoms with E-state index in [-0.39, 0.29) is 17.6 Å². The zero-order valence-corrected chi connectivity index (χ0v) is 12.1. The highest BCUT2D eigenvalue weighted by Gasteiger charge is 2.30. The van der Waals surface area contributed by atoms with E-state index in [2.05, 4.69) is 5.32 Å². The molecule has 0 aromatic carbocycles. The smallest absolute Gasteiger partial charge is 0.318 e. The molecule has 0 unspecified atom stereocenters. The fraction of sp³-hybridized carbons (Fsp3) is 0.667. The Kier molecular flexibility index (Phi) is 4.17. The first-order chi connectivity index (χ1) is 8.97. The molecule has 0 aliphatic carbocycles. The second kappa shape index (κ2) is 5.68. The molecule has 2 rings (SSSR count). The van der Waals surface area contributed by atoms with Crippen LogP contribution in [-0.4, -0.2) is 23.0 Å². The average molecular weight is 264 g/mol. The fourth-order valence-corrected chi connectivity index (χ4v) is 2.52. The number of rotatable bonds is 1. The van der Waals surface area contributed by atoms with Crippen LogP contribution in [0.1, 0.15) is 58.3 Å². The van der Waals surface area contributed by atoms with Crippen molar-refractivity contribution in [2.45, 2.75) is 58.0 Å². The van der Waals surface area contributed by atoms with Gasteiger partial charge in [0.05, 0.1) is 12.3 Å². The summed E-state index contributed by atoms with van der Waals surface area (Å²) in [5, 5.41) is 3.05. The lowest BCUT2D eigenvalue weighted by molar-refractivity contribution is 0.158. The lowest BCUT2D eigenvalue weighted by Crippen LogP contribution is -2.49. The van der Waals surface area contributed by atoms with Gasteiger partial charge in [-0.15, -0.1) is 0 Å². The highest BCUT2D eigenvalue weighted by molar-refractivity contribution is 5.75. The molecule has 1 aliphatic rings. The van der Waals surface area contributed by atoms with Gasteiger partial charge in [-0.05, 0) is 45.7 Å². The molecule has 4 heteroatoms. The summed E-state index contributed by atoms with van der Waals surface area (Å²) in [6.07, 6.45) is 6.04. The van der Waals surface area contributed by atoms with Crippen LogP contribution in [0.2, 0.25) is 0 Å². The lowest BCUT2D eigenvalue weighted by atomic mass is 10.1. The Labute approximate surface area is 115 Å². The van der Waals surface area contributed by atoms with Crippen molar-refractivity contribution in [1.82, 2.24) is 10.2 Å². The first kappa shape index (κ1) is 14.0. The van der Waals surface area contributed by atoms with E-state index in [1.54, 1.807) is 6.26 Å². The van der Waals surface area contributed by atoms with Crippen LogP contribution < -0.4 is 5.32 Å². The molecule has 0 radical (unpaired) electrons. The number of likely N-dealkylation sites (tertiary alicyclic amines) is 1. The highest BCUT2D eigenvalue weighted by atomic mass is 16.3. The van der Waals surface area contributed by atoms with Crippen LogP contribution in [-0.2, 0) is 0 Å². The summed E-state index contributed by atoms with van der Waals surface area (Å²) < 4.78 is 5.52. The van der Waals surface area contributed by atoms with Gasteiger partial charge >= 0.3 is 6.03 Å². The van der Waals surface area contributed by atoms with Gasteiger partial charge in [0.25, 0.3) is 0 Å². The molecule has 1 aromatic heterocycles. The van der Waals surface area contributed by atoms with Crippen LogP contribution in [0.15, 0.2) is 22.8 Å². The number of nitrogens with zero attached hydrogens (tertiary/aromatic N) is 1. The first-order valence-corrected chi connectivity index (χ1v) is 7.09. The van der Waals surface area contributed by atoms with E-state index in [0.717, 1.165) is 31.6 Å². The number of carbonyl (C=O) groups is 1. The third-order valence-corrected chi connectivity index (χ3v) is 3.37. The molecule has 1 fully saturated rings. The van der Waals surface area contributed by atoms with Crippen molar-refractivity contribution in [3.8, 4) is 0 Å². The van der Waals surface area contributed by atoms with Crippen LogP contribution in [0.3, 0.4) is 0 Å². The SMILES string of the molecule is CC(C)(C)NC(=O)N1CCCCC[C@H]1c1ccco1. The van der Waals surface area contributed by atoms with Crippen molar-refractivity contribution >= 4 is 6.03 Å². The van der Waals surface area contributed by atoms with Gasteiger partial charge in [0, 0.05) is 12.1 Å². The third kappa shape index (κ3) is 3.75. The van der Waals surface area contributed by atoms with Gasteiger partial charge in [0.15, 0.2) is 0 Å². The van der Waals surface area contributed by atoms with Crippen molar-refractivity contribution < 1.29 is 9.21 Å². The standard InChI is InChI=1S/C15H24N2O2/c1-15(2,3)16-14(18)17-10-6-4-5-8-12(17)13-9-7-11-19-13/h7,9,11-12H,4-6,8,10H2,1-3H3,(H,16,18)/t12-/m0/s1. The maximum Gasteiger partial charge on any atom is 0.318 e. The molecular formula is C15H24N2O2. The van der Waals surface area contributed by atoms with Crippen molar-refractivity contribution in [3.63, 3.8) is 0 Å². The zero-order chi connectivity index (χ0) is 13.9. The largest absolute Gasteiger partial charge is 0.467 e. The molecule has 1 aliphatic heterocycles. The summed E-state index contributed by atoms with van der Waals surface area (Å²) >= 11 is 0. The number of carbonyl (C=O) groups excluding carboxylic acids is 1. The third-order valence-electron chi connectivity index (χ3n) is 3.37. The van der Waals surface area contributed by atoms with E-state index in [9.17, 15) is 4.79 Å². The normalized spacial score (nSPS) is 21.0. The van der Waals surface area contributed by atoms with Gasteiger partial charge in [-0.1, -0.05) is 12.8 Å². The van der Waals surface area contributed by atoms with Gasteiger partial charge in [-0.2, -0.15) is 0 Å². The van der Waals surface area contributed by atoms with Crippen molar-refractivity contribution in [2.24, 2.45) is 0 Å². The molecular weight excluding hydrogens is 240 g/mol. The molecule has 1 atom stereocenters. The minimum Gasteiger partial charge on any atom is -0.467 e. The predicted molar refractivity (Wildman–Crippen MR) is 74.9 cm³/mol. The Morgan fingerprint density at radius 2 is 2.16 bits per heavy atom. The first-order valence-electron chi connectivity index (χ1n) is 7.09. The molecule has 0 spiro atoms. The van der Waals surface area contributed by atoms with Gasteiger partial charge in [-0.25, -0.2) is 4.79 Å². The maximum atomic E-state index is 12.4. The summed E-state index contributed by atoms with van der Waals surface area (Å²) in [5.74, 6) is 0.894. The summed E-state index contributed by atoms with van der Waals surface area (Å²) in [4.78, 5) is 14.4. The number of urea groups is 1.